The Morgan fingerprint density at radius 3 is 2.31 bits per heavy atom. The molecule has 0 unspecified atom stereocenters. The van der Waals surface area contributed by atoms with Crippen LogP contribution in [0, 0.1) is 6.92 Å². The Bertz CT molecular complexity index is 1590. The monoisotopic (exact) mass is 518 g/mol. The smallest absolute Gasteiger partial charge is 0.291 e. The molecule has 4 N–H and O–H groups in total. The number of rotatable bonds is 10. The lowest BCUT2D eigenvalue weighted by molar-refractivity contribution is 0.0949. The fourth-order valence-electron chi connectivity index (χ4n) is 4.42. The third-order valence-corrected chi connectivity index (χ3v) is 6.50. The van der Waals surface area contributed by atoms with Crippen molar-refractivity contribution in [1.82, 2.24) is 5.32 Å². The summed E-state index contributed by atoms with van der Waals surface area (Å²) in [7, 11) is 0. The number of fused-ring (bicyclic) bond motifs is 1. The SMILES string of the molecule is Cc1ccccc1NCCNc1ccc(C(=O)NCc2cccc3ccccc23)cc1NC(=O)c1ccco1. The topological polar surface area (TPSA) is 95.4 Å². The highest BCUT2D eigenvalue weighted by molar-refractivity contribution is 6.05. The van der Waals surface area contributed by atoms with Crippen LogP contribution >= 0.6 is 0 Å². The van der Waals surface area contributed by atoms with Gasteiger partial charge in [-0.1, -0.05) is 60.7 Å². The highest BCUT2D eigenvalue weighted by atomic mass is 16.3. The second-order valence-corrected chi connectivity index (χ2v) is 9.18. The first-order valence-electron chi connectivity index (χ1n) is 12.9. The molecule has 4 aromatic carbocycles. The highest BCUT2D eigenvalue weighted by Crippen LogP contribution is 2.25. The van der Waals surface area contributed by atoms with E-state index in [0.717, 1.165) is 22.0 Å². The van der Waals surface area contributed by atoms with E-state index in [1.165, 1.54) is 11.8 Å². The summed E-state index contributed by atoms with van der Waals surface area (Å²) in [6, 6.07) is 30.7. The van der Waals surface area contributed by atoms with Crippen molar-refractivity contribution >= 4 is 39.6 Å². The summed E-state index contributed by atoms with van der Waals surface area (Å²) in [5.41, 5.74) is 4.91. The summed E-state index contributed by atoms with van der Waals surface area (Å²) in [5, 5.41) is 14.9. The molecule has 1 heterocycles. The minimum absolute atomic E-state index is 0.188. The number of nitrogens with one attached hydrogen (secondary N) is 4. The van der Waals surface area contributed by atoms with E-state index in [4.69, 9.17) is 4.42 Å². The van der Waals surface area contributed by atoms with Crippen molar-refractivity contribution in [3.8, 4) is 0 Å². The van der Waals surface area contributed by atoms with Crippen molar-refractivity contribution in [2.75, 3.05) is 29.0 Å². The van der Waals surface area contributed by atoms with Crippen LogP contribution in [-0.2, 0) is 6.54 Å². The zero-order chi connectivity index (χ0) is 27.0. The standard InChI is InChI=1S/C32H30N4O3/c1-22-8-2-5-13-27(22)33-17-18-34-28-16-15-24(20-29(28)36-32(38)30-14-7-19-39-30)31(37)35-21-25-11-6-10-23-9-3-4-12-26(23)25/h2-16,19-20,33-34H,17-18,21H2,1H3,(H,35,37)(H,36,38). The van der Waals surface area contributed by atoms with Gasteiger partial charge in [-0.05, 0) is 65.2 Å². The maximum Gasteiger partial charge on any atom is 0.291 e. The molecule has 2 amide bonds. The third-order valence-electron chi connectivity index (χ3n) is 6.50. The number of carbonyl (C=O) groups is 2. The molecule has 0 atom stereocenters. The number of anilines is 3. The molecule has 196 valence electrons. The quantitative estimate of drug-likeness (QED) is 0.159. The number of aryl methyl sites for hydroxylation is 1. The first-order valence-corrected chi connectivity index (χ1v) is 12.9. The maximum absolute atomic E-state index is 13.1. The Morgan fingerprint density at radius 2 is 1.49 bits per heavy atom. The van der Waals surface area contributed by atoms with Crippen molar-refractivity contribution in [3.05, 3.63) is 126 Å². The molecule has 1 aromatic heterocycles. The molecule has 7 nitrogen and oxygen atoms in total. The Kier molecular flexibility index (Phi) is 7.88. The summed E-state index contributed by atoms with van der Waals surface area (Å²) in [6.45, 7) is 3.72. The first kappa shape index (κ1) is 25.6. The summed E-state index contributed by atoms with van der Waals surface area (Å²) in [4.78, 5) is 25.9. The highest BCUT2D eigenvalue weighted by Gasteiger charge is 2.15. The van der Waals surface area contributed by atoms with Crippen LogP contribution in [0.4, 0.5) is 17.1 Å². The average molecular weight is 519 g/mol. The van der Waals surface area contributed by atoms with Gasteiger partial charge in [0.2, 0.25) is 0 Å². The molecule has 0 fully saturated rings. The first-order chi connectivity index (χ1) is 19.1. The number of para-hydroxylation sites is 1. The largest absolute Gasteiger partial charge is 0.459 e. The molecule has 7 heteroatoms. The summed E-state index contributed by atoms with van der Waals surface area (Å²) in [5.74, 6) is -0.438. The lowest BCUT2D eigenvalue weighted by Crippen LogP contribution is -2.23. The van der Waals surface area contributed by atoms with E-state index in [9.17, 15) is 9.59 Å². The van der Waals surface area contributed by atoms with Gasteiger partial charge in [-0.2, -0.15) is 0 Å². The normalized spacial score (nSPS) is 10.7. The van der Waals surface area contributed by atoms with Gasteiger partial charge in [-0.3, -0.25) is 9.59 Å². The molecule has 0 aliphatic carbocycles. The number of carbonyl (C=O) groups excluding carboxylic acids is 2. The fourth-order valence-corrected chi connectivity index (χ4v) is 4.42. The van der Waals surface area contributed by atoms with Crippen LogP contribution in [-0.4, -0.2) is 24.9 Å². The molecule has 0 spiro atoms. The van der Waals surface area contributed by atoms with Gasteiger partial charge in [-0.15, -0.1) is 0 Å². The number of hydrogen-bond donors (Lipinski definition) is 4. The number of benzene rings is 4. The van der Waals surface area contributed by atoms with Gasteiger partial charge < -0.3 is 25.7 Å². The lowest BCUT2D eigenvalue weighted by Gasteiger charge is -2.16. The summed E-state index contributed by atoms with van der Waals surface area (Å²) < 4.78 is 5.24. The van der Waals surface area contributed by atoms with E-state index in [-0.39, 0.29) is 11.7 Å². The zero-order valence-electron chi connectivity index (χ0n) is 21.7. The number of amides is 2. The van der Waals surface area contributed by atoms with Gasteiger partial charge in [0, 0.05) is 30.9 Å². The van der Waals surface area contributed by atoms with E-state index in [2.05, 4.69) is 46.4 Å². The molecule has 39 heavy (non-hydrogen) atoms. The van der Waals surface area contributed by atoms with Gasteiger partial charge in [0.15, 0.2) is 5.76 Å². The van der Waals surface area contributed by atoms with Crippen molar-refractivity contribution in [3.63, 3.8) is 0 Å². The predicted molar refractivity (Wildman–Crippen MR) is 156 cm³/mol. The minimum atomic E-state index is -0.394. The maximum atomic E-state index is 13.1. The van der Waals surface area contributed by atoms with Crippen molar-refractivity contribution in [2.24, 2.45) is 0 Å². The third kappa shape index (κ3) is 6.27. The molecule has 5 aromatic rings. The minimum Gasteiger partial charge on any atom is -0.459 e. The molecule has 0 saturated heterocycles. The summed E-state index contributed by atoms with van der Waals surface area (Å²) >= 11 is 0. The number of furan rings is 1. The zero-order valence-corrected chi connectivity index (χ0v) is 21.7. The Labute approximate surface area is 227 Å². The molecule has 0 bridgehead atoms. The molecule has 0 radical (unpaired) electrons. The van der Waals surface area contributed by atoms with Crippen molar-refractivity contribution in [1.29, 1.82) is 0 Å². The van der Waals surface area contributed by atoms with E-state index in [1.807, 2.05) is 48.5 Å². The fraction of sp³-hybridized carbons (Fsp3) is 0.125. The van der Waals surface area contributed by atoms with E-state index in [0.29, 0.717) is 36.6 Å². The van der Waals surface area contributed by atoms with Crippen LogP contribution in [0.25, 0.3) is 10.8 Å². The molecule has 5 rings (SSSR count). The van der Waals surface area contributed by atoms with Crippen molar-refractivity contribution in [2.45, 2.75) is 13.5 Å². The Hall–Kier alpha value is -5.04. The lowest BCUT2D eigenvalue weighted by atomic mass is 10.0. The molecule has 0 aliphatic rings. The molecular weight excluding hydrogens is 488 g/mol. The van der Waals surface area contributed by atoms with E-state index >= 15 is 0 Å². The average Bonchev–Trinajstić information content (AvgIpc) is 3.51. The van der Waals surface area contributed by atoms with E-state index < -0.39 is 5.91 Å². The molecular formula is C32H30N4O3. The van der Waals surface area contributed by atoms with Crippen LogP contribution in [0.1, 0.15) is 32.0 Å². The predicted octanol–water partition coefficient (Wildman–Crippen LogP) is 6.45. The van der Waals surface area contributed by atoms with Crippen LogP contribution in [0.3, 0.4) is 0 Å². The number of hydrogen-bond acceptors (Lipinski definition) is 5. The molecule has 0 aliphatic heterocycles. The van der Waals surface area contributed by atoms with Gasteiger partial charge in [0.1, 0.15) is 0 Å². The van der Waals surface area contributed by atoms with Gasteiger partial charge >= 0.3 is 0 Å². The van der Waals surface area contributed by atoms with Crippen LogP contribution in [0.2, 0.25) is 0 Å². The Balaban J connectivity index is 1.29. The van der Waals surface area contributed by atoms with Gasteiger partial charge in [0.05, 0.1) is 17.6 Å². The van der Waals surface area contributed by atoms with Gasteiger partial charge in [-0.25, -0.2) is 0 Å². The van der Waals surface area contributed by atoms with Crippen molar-refractivity contribution < 1.29 is 14.0 Å². The van der Waals surface area contributed by atoms with Crippen LogP contribution < -0.4 is 21.3 Å². The van der Waals surface area contributed by atoms with Crippen LogP contribution in [0.5, 0.6) is 0 Å². The van der Waals surface area contributed by atoms with E-state index in [1.54, 1.807) is 30.3 Å². The van der Waals surface area contributed by atoms with Crippen LogP contribution in [0.15, 0.2) is 108 Å². The Morgan fingerprint density at radius 1 is 0.718 bits per heavy atom. The summed E-state index contributed by atoms with van der Waals surface area (Å²) in [6.07, 6.45) is 1.45. The second-order valence-electron chi connectivity index (χ2n) is 9.18. The second kappa shape index (κ2) is 12.0. The molecule has 0 saturated carbocycles. The van der Waals surface area contributed by atoms with Gasteiger partial charge in [0.25, 0.3) is 11.8 Å².